The molecule has 1 aliphatic rings. The molecule has 0 amide bonds. The van der Waals surface area contributed by atoms with Crippen molar-refractivity contribution >= 4 is 40.2 Å². The Morgan fingerprint density at radius 2 is 1.84 bits per heavy atom. The lowest BCUT2D eigenvalue weighted by Crippen LogP contribution is -2.42. The third-order valence-corrected chi connectivity index (χ3v) is 8.57. The minimum atomic E-state index is -0.810. The van der Waals surface area contributed by atoms with Crippen LogP contribution in [0.5, 0.6) is 0 Å². The first kappa shape index (κ1) is 30.0. The first-order valence-electron chi connectivity index (χ1n) is 13.8. The van der Waals surface area contributed by atoms with Crippen molar-refractivity contribution in [1.29, 1.82) is 0 Å². The number of aromatic nitrogens is 2. The molecule has 38 heavy (non-hydrogen) atoms. The Morgan fingerprint density at radius 3 is 2.61 bits per heavy atom. The number of rotatable bonds is 5. The van der Waals surface area contributed by atoms with E-state index in [1.807, 2.05) is 45.9 Å². The topological polar surface area (TPSA) is 78.4 Å². The largest absolute Gasteiger partial charge is 0.481 e. The Morgan fingerprint density at radius 1 is 1.08 bits per heavy atom. The van der Waals surface area contributed by atoms with Gasteiger partial charge in [0.05, 0.1) is 11.1 Å². The first-order valence-corrected chi connectivity index (χ1v) is 15.5. The molecule has 0 fully saturated rings. The van der Waals surface area contributed by atoms with E-state index < -0.39 is 11.4 Å². The average molecular weight is 555 g/mol. The van der Waals surface area contributed by atoms with E-state index in [1.165, 1.54) is 28.0 Å². The molecule has 3 aromatic rings. The van der Waals surface area contributed by atoms with Crippen molar-refractivity contribution in [3.05, 3.63) is 52.9 Å². The minimum absolute atomic E-state index is 0.452. The van der Waals surface area contributed by atoms with Gasteiger partial charge in [0.25, 0.3) is 0 Å². The van der Waals surface area contributed by atoms with Crippen molar-refractivity contribution in [2.75, 3.05) is 22.7 Å². The summed E-state index contributed by atoms with van der Waals surface area (Å²) >= 11 is 3.10. The van der Waals surface area contributed by atoms with Gasteiger partial charge in [-0.05, 0) is 57.2 Å². The Labute approximate surface area is 236 Å². The van der Waals surface area contributed by atoms with Gasteiger partial charge in [0, 0.05) is 35.5 Å². The van der Waals surface area contributed by atoms with Crippen LogP contribution >= 0.6 is 23.3 Å². The molecule has 0 aliphatic carbocycles. The molecular formula is C30H42N4O2S2. The molecule has 4 bridgehead atoms. The molecule has 2 N–H and O–H groups in total. The second-order valence-electron chi connectivity index (χ2n) is 9.82. The van der Waals surface area contributed by atoms with Gasteiger partial charge in [-0.2, -0.15) is 0 Å². The second-order valence-corrected chi connectivity index (χ2v) is 11.9. The fourth-order valence-corrected chi connectivity index (χ4v) is 6.36. The molecule has 0 spiro atoms. The maximum Gasteiger partial charge on any atom is 0.311 e. The molecule has 0 saturated carbocycles. The predicted octanol–water partition coefficient (Wildman–Crippen LogP) is 8.47. The van der Waals surface area contributed by atoms with E-state index in [2.05, 4.69) is 40.8 Å². The molecule has 1 unspecified atom stereocenters. The van der Waals surface area contributed by atoms with Crippen LogP contribution in [0.2, 0.25) is 0 Å². The van der Waals surface area contributed by atoms with E-state index in [0.29, 0.717) is 13.0 Å². The summed E-state index contributed by atoms with van der Waals surface area (Å²) in [5, 5.41) is 11.7. The van der Waals surface area contributed by atoms with Crippen LogP contribution < -0.4 is 9.62 Å². The van der Waals surface area contributed by atoms with Gasteiger partial charge in [0.2, 0.25) is 0 Å². The normalized spacial score (nSPS) is 15.7. The molecule has 0 saturated heterocycles. The van der Waals surface area contributed by atoms with Gasteiger partial charge in [0.15, 0.2) is 5.13 Å². The van der Waals surface area contributed by atoms with Gasteiger partial charge in [0.1, 0.15) is 10.8 Å². The van der Waals surface area contributed by atoms with Crippen molar-refractivity contribution in [3.8, 4) is 11.3 Å². The lowest BCUT2D eigenvalue weighted by molar-refractivity contribution is -0.147. The fourth-order valence-electron chi connectivity index (χ4n) is 4.87. The SMILES string of the molecule is CC.CCCC(C)(CN1CCCCCCc2ccccc2-c2nc(sc2C)NSc2cccc1n2)C(=O)O. The Bertz CT molecular complexity index is 1180. The number of carbonyl (C=O) groups is 1. The molecule has 2 aromatic heterocycles. The summed E-state index contributed by atoms with van der Waals surface area (Å²) in [6.45, 7) is 11.3. The van der Waals surface area contributed by atoms with E-state index in [-0.39, 0.29) is 0 Å². The number of thiazole rings is 1. The number of benzene rings is 1. The van der Waals surface area contributed by atoms with Crippen LogP contribution in [0, 0.1) is 12.3 Å². The van der Waals surface area contributed by atoms with Gasteiger partial charge in [-0.15, -0.1) is 11.3 Å². The number of aliphatic carboxylic acids is 1. The Balaban J connectivity index is 0.00000195. The zero-order valence-corrected chi connectivity index (χ0v) is 25.1. The summed E-state index contributed by atoms with van der Waals surface area (Å²) in [5.41, 5.74) is 2.82. The number of fused-ring (bicyclic) bond motifs is 6. The number of aryl methyl sites for hydroxylation is 2. The highest BCUT2D eigenvalue weighted by atomic mass is 32.2. The summed E-state index contributed by atoms with van der Waals surface area (Å²) in [6, 6.07) is 14.6. The average Bonchev–Trinajstić information content (AvgIpc) is 3.30. The van der Waals surface area contributed by atoms with Crippen LogP contribution in [0.4, 0.5) is 10.9 Å². The van der Waals surface area contributed by atoms with Crippen molar-refractivity contribution in [2.45, 2.75) is 84.6 Å². The Kier molecular flexibility index (Phi) is 11.5. The third-order valence-electron chi connectivity index (χ3n) is 6.83. The highest BCUT2D eigenvalue weighted by Crippen LogP contribution is 2.35. The highest BCUT2D eigenvalue weighted by molar-refractivity contribution is 8.00. The number of hydrogen-bond donors (Lipinski definition) is 2. The van der Waals surface area contributed by atoms with Crippen molar-refractivity contribution in [1.82, 2.24) is 9.97 Å². The third kappa shape index (κ3) is 7.73. The van der Waals surface area contributed by atoms with Crippen LogP contribution in [0.3, 0.4) is 0 Å². The van der Waals surface area contributed by atoms with Gasteiger partial charge in [-0.25, -0.2) is 9.97 Å². The lowest BCUT2D eigenvalue weighted by atomic mass is 9.85. The fraction of sp³-hybridized carbons (Fsp3) is 0.500. The van der Waals surface area contributed by atoms with Crippen LogP contribution in [0.15, 0.2) is 47.5 Å². The van der Waals surface area contributed by atoms with Crippen molar-refractivity contribution in [2.24, 2.45) is 5.41 Å². The number of pyridine rings is 1. The van der Waals surface area contributed by atoms with E-state index in [4.69, 9.17) is 9.97 Å². The maximum atomic E-state index is 12.2. The van der Waals surface area contributed by atoms with Crippen LogP contribution in [0.1, 0.15) is 76.7 Å². The highest BCUT2D eigenvalue weighted by Gasteiger charge is 2.34. The molecule has 3 heterocycles. The predicted molar refractivity (Wildman–Crippen MR) is 162 cm³/mol. The van der Waals surface area contributed by atoms with Gasteiger partial charge < -0.3 is 14.7 Å². The number of carboxylic acid groups (broad SMARTS) is 1. The monoisotopic (exact) mass is 554 g/mol. The molecule has 4 rings (SSSR count). The molecule has 1 aromatic carbocycles. The van der Waals surface area contributed by atoms with Crippen molar-refractivity contribution < 1.29 is 9.90 Å². The standard InChI is InChI=1S/C28H36N4O2S2.C2H6/c1-4-17-28(3,26(33)34)19-32-18-10-6-5-7-12-21-13-8-9-14-22(21)25-20(2)35-27(30-25)31-36-24-16-11-15-23(32)29-24;1-2/h8-9,11,13-16H,4-7,10,12,17-19H2,1-3H3,(H,30,31)(H,33,34);1-2H3. The number of hydrogen-bond acceptors (Lipinski definition) is 7. The zero-order valence-electron chi connectivity index (χ0n) is 23.4. The molecule has 1 aliphatic heterocycles. The quantitative estimate of drug-likeness (QED) is 0.306. The number of anilines is 2. The smallest absolute Gasteiger partial charge is 0.311 e. The zero-order chi connectivity index (χ0) is 27.5. The second kappa shape index (κ2) is 14.5. The maximum absolute atomic E-state index is 12.2. The van der Waals surface area contributed by atoms with Crippen LogP contribution in [-0.2, 0) is 11.2 Å². The van der Waals surface area contributed by atoms with Crippen molar-refractivity contribution in [3.63, 3.8) is 0 Å². The summed E-state index contributed by atoms with van der Waals surface area (Å²) in [4.78, 5) is 25.4. The molecule has 6 nitrogen and oxygen atoms in total. The van der Waals surface area contributed by atoms with E-state index in [1.54, 1.807) is 11.3 Å². The van der Waals surface area contributed by atoms with Crippen LogP contribution in [-0.4, -0.2) is 34.1 Å². The van der Waals surface area contributed by atoms with Gasteiger partial charge in [-0.3, -0.25) is 4.79 Å². The number of nitrogens with zero attached hydrogens (tertiary/aromatic N) is 3. The number of nitrogens with one attached hydrogen (secondary N) is 1. The van der Waals surface area contributed by atoms with Gasteiger partial charge >= 0.3 is 5.97 Å². The molecular weight excluding hydrogens is 512 g/mol. The summed E-state index contributed by atoms with van der Waals surface area (Å²) in [5.74, 6) is 0.0895. The number of carboxylic acids is 1. The van der Waals surface area contributed by atoms with E-state index in [0.717, 1.165) is 66.7 Å². The summed E-state index contributed by atoms with van der Waals surface area (Å²) in [6.07, 6.45) is 6.88. The minimum Gasteiger partial charge on any atom is -0.481 e. The molecule has 1 atom stereocenters. The summed E-state index contributed by atoms with van der Waals surface area (Å²) < 4.78 is 3.39. The van der Waals surface area contributed by atoms with E-state index in [9.17, 15) is 9.90 Å². The first-order chi connectivity index (χ1) is 18.4. The molecule has 8 heteroatoms. The molecule has 206 valence electrons. The summed E-state index contributed by atoms with van der Waals surface area (Å²) in [7, 11) is 0. The molecule has 0 radical (unpaired) electrons. The van der Waals surface area contributed by atoms with Gasteiger partial charge in [-0.1, -0.05) is 70.4 Å². The van der Waals surface area contributed by atoms with Crippen LogP contribution in [0.25, 0.3) is 11.3 Å². The Hall–Kier alpha value is -2.58. The lowest BCUT2D eigenvalue weighted by Gasteiger charge is -2.33. The van der Waals surface area contributed by atoms with E-state index >= 15 is 0 Å².